The first kappa shape index (κ1) is 18.7. The minimum absolute atomic E-state index is 0.127. The van der Waals surface area contributed by atoms with Gasteiger partial charge in [-0.3, -0.25) is 9.59 Å². The molecule has 0 aliphatic rings. The monoisotopic (exact) mass is 345 g/mol. The molecule has 2 rings (SSSR count). The van der Waals surface area contributed by atoms with E-state index in [0.717, 1.165) is 27.3 Å². The number of carbonyl (C=O) groups is 2. The molecule has 134 valence electrons. The zero-order valence-corrected chi connectivity index (χ0v) is 15.3. The number of hydrogen-bond donors (Lipinski definition) is 3. The summed E-state index contributed by atoms with van der Waals surface area (Å²) in [6.07, 6.45) is 0. The summed E-state index contributed by atoms with van der Waals surface area (Å²) in [4.78, 5) is 25.0. The smallest absolute Gasteiger partial charge is 0.280 e. The van der Waals surface area contributed by atoms with E-state index in [1.54, 1.807) is 20.0 Å². The number of likely N-dealkylation sites (N-methyl/N-ethyl adjacent to an activating group) is 1. The van der Waals surface area contributed by atoms with Gasteiger partial charge < -0.3 is 20.1 Å². The standard InChI is InChI=1S/C18H24N4O3/c1-11-6-12(2)18(13(3)7-11)20-17(24)10-22(5)9-16(23)19-15-8-14(4)25-21-15/h6-8H,9-10H2,1-5H3,(H,20,24)(H,19,21,23)/p+1. The summed E-state index contributed by atoms with van der Waals surface area (Å²) in [6.45, 7) is 8.07. The lowest BCUT2D eigenvalue weighted by atomic mass is 10.1. The third-order valence-electron chi connectivity index (χ3n) is 3.76. The van der Waals surface area contributed by atoms with E-state index in [2.05, 4.69) is 15.8 Å². The molecule has 0 spiro atoms. The summed E-state index contributed by atoms with van der Waals surface area (Å²) < 4.78 is 4.90. The van der Waals surface area contributed by atoms with Crippen LogP contribution in [0.1, 0.15) is 22.5 Å². The lowest BCUT2D eigenvalue weighted by Crippen LogP contribution is -3.11. The molecule has 0 aliphatic heterocycles. The number of amides is 2. The van der Waals surface area contributed by atoms with Crippen molar-refractivity contribution in [3.8, 4) is 0 Å². The molecular formula is C18H25N4O3+. The molecule has 2 aromatic rings. The second-order valence-corrected chi connectivity index (χ2v) is 6.50. The van der Waals surface area contributed by atoms with Gasteiger partial charge in [-0.15, -0.1) is 0 Å². The van der Waals surface area contributed by atoms with Crippen LogP contribution in [0.2, 0.25) is 0 Å². The summed E-state index contributed by atoms with van der Waals surface area (Å²) in [6, 6.07) is 5.71. The Kier molecular flexibility index (Phi) is 5.93. The second-order valence-electron chi connectivity index (χ2n) is 6.50. The number of rotatable bonds is 6. The van der Waals surface area contributed by atoms with Gasteiger partial charge in [-0.1, -0.05) is 22.9 Å². The number of benzene rings is 1. The van der Waals surface area contributed by atoms with Gasteiger partial charge in [-0.2, -0.15) is 0 Å². The normalized spacial score (nSPS) is 11.9. The van der Waals surface area contributed by atoms with Gasteiger partial charge in [0.15, 0.2) is 18.9 Å². The van der Waals surface area contributed by atoms with Gasteiger partial charge in [0.2, 0.25) is 0 Å². The number of anilines is 2. The van der Waals surface area contributed by atoms with Gasteiger partial charge >= 0.3 is 0 Å². The Bertz CT molecular complexity index is 759. The Morgan fingerprint density at radius 3 is 2.08 bits per heavy atom. The highest BCUT2D eigenvalue weighted by atomic mass is 16.5. The van der Waals surface area contributed by atoms with E-state index in [-0.39, 0.29) is 24.9 Å². The summed E-state index contributed by atoms with van der Waals surface area (Å²) in [5.41, 5.74) is 4.06. The molecule has 1 unspecified atom stereocenters. The molecule has 7 nitrogen and oxygen atoms in total. The van der Waals surface area contributed by atoms with Gasteiger partial charge in [-0.05, 0) is 38.8 Å². The number of hydrogen-bond acceptors (Lipinski definition) is 4. The van der Waals surface area contributed by atoms with Crippen molar-refractivity contribution in [1.29, 1.82) is 0 Å². The Labute approximate surface area is 147 Å². The van der Waals surface area contributed by atoms with Crippen molar-refractivity contribution in [2.75, 3.05) is 30.8 Å². The van der Waals surface area contributed by atoms with Crippen molar-refractivity contribution in [3.63, 3.8) is 0 Å². The third kappa shape index (κ3) is 5.42. The van der Waals surface area contributed by atoms with Crippen LogP contribution in [0.3, 0.4) is 0 Å². The number of nitrogens with zero attached hydrogens (tertiary/aromatic N) is 1. The molecule has 1 atom stereocenters. The molecule has 1 aromatic heterocycles. The molecular weight excluding hydrogens is 320 g/mol. The Morgan fingerprint density at radius 1 is 1.00 bits per heavy atom. The molecule has 0 fully saturated rings. The number of aryl methyl sites for hydroxylation is 4. The molecule has 0 aliphatic carbocycles. The predicted molar refractivity (Wildman–Crippen MR) is 95.8 cm³/mol. The molecule has 3 N–H and O–H groups in total. The van der Waals surface area contributed by atoms with Crippen molar-refractivity contribution in [3.05, 3.63) is 40.6 Å². The first-order valence-corrected chi connectivity index (χ1v) is 8.16. The maximum atomic E-state index is 12.3. The molecule has 2 amide bonds. The van der Waals surface area contributed by atoms with Crippen molar-refractivity contribution in [2.24, 2.45) is 0 Å². The van der Waals surface area contributed by atoms with Crippen molar-refractivity contribution >= 4 is 23.3 Å². The van der Waals surface area contributed by atoms with Gasteiger partial charge in [0.25, 0.3) is 11.8 Å². The third-order valence-corrected chi connectivity index (χ3v) is 3.76. The highest BCUT2D eigenvalue weighted by molar-refractivity contribution is 5.93. The topological polar surface area (TPSA) is 88.7 Å². The van der Waals surface area contributed by atoms with Crippen LogP contribution >= 0.6 is 0 Å². The predicted octanol–water partition coefficient (Wildman–Crippen LogP) is 1.00. The fraction of sp³-hybridized carbons (Fsp3) is 0.389. The average Bonchev–Trinajstić information content (AvgIpc) is 2.87. The number of carbonyl (C=O) groups excluding carboxylic acids is 2. The molecule has 0 bridgehead atoms. The van der Waals surface area contributed by atoms with Crippen LogP contribution in [0, 0.1) is 27.7 Å². The van der Waals surface area contributed by atoms with E-state index in [9.17, 15) is 9.59 Å². The van der Waals surface area contributed by atoms with E-state index < -0.39 is 0 Å². The molecule has 0 radical (unpaired) electrons. The van der Waals surface area contributed by atoms with E-state index in [1.807, 2.05) is 32.9 Å². The summed E-state index contributed by atoms with van der Waals surface area (Å²) in [7, 11) is 1.79. The molecule has 1 aromatic carbocycles. The molecule has 7 heteroatoms. The zero-order chi connectivity index (χ0) is 18.6. The van der Waals surface area contributed by atoms with Crippen LogP contribution < -0.4 is 15.5 Å². The largest absolute Gasteiger partial charge is 0.360 e. The van der Waals surface area contributed by atoms with Crippen LogP contribution in [0.25, 0.3) is 0 Å². The first-order valence-electron chi connectivity index (χ1n) is 8.16. The highest BCUT2D eigenvalue weighted by Crippen LogP contribution is 2.21. The minimum Gasteiger partial charge on any atom is -0.360 e. The maximum Gasteiger partial charge on any atom is 0.280 e. The first-order chi connectivity index (χ1) is 11.7. The fourth-order valence-corrected chi connectivity index (χ4v) is 2.78. The average molecular weight is 345 g/mol. The fourth-order valence-electron chi connectivity index (χ4n) is 2.78. The molecule has 0 saturated carbocycles. The maximum absolute atomic E-state index is 12.3. The minimum atomic E-state index is -0.221. The van der Waals surface area contributed by atoms with Crippen LogP contribution in [-0.2, 0) is 9.59 Å². The van der Waals surface area contributed by atoms with Gasteiger partial charge in [0.1, 0.15) is 5.76 Å². The van der Waals surface area contributed by atoms with E-state index in [1.165, 1.54) is 0 Å². The van der Waals surface area contributed by atoms with Gasteiger partial charge in [-0.25, -0.2) is 0 Å². The molecule has 1 heterocycles. The zero-order valence-electron chi connectivity index (χ0n) is 15.3. The molecule has 25 heavy (non-hydrogen) atoms. The quantitative estimate of drug-likeness (QED) is 0.729. The summed E-state index contributed by atoms with van der Waals surface area (Å²) in [5.74, 6) is 0.656. The van der Waals surface area contributed by atoms with Gasteiger partial charge in [0, 0.05) is 11.8 Å². The van der Waals surface area contributed by atoms with E-state index in [4.69, 9.17) is 4.52 Å². The Hall–Kier alpha value is -2.67. The van der Waals surface area contributed by atoms with Crippen molar-refractivity contribution in [2.45, 2.75) is 27.7 Å². The van der Waals surface area contributed by atoms with E-state index >= 15 is 0 Å². The number of aromatic nitrogens is 1. The highest BCUT2D eigenvalue weighted by Gasteiger charge is 2.16. The van der Waals surface area contributed by atoms with Crippen LogP contribution in [-0.4, -0.2) is 37.1 Å². The molecule has 0 saturated heterocycles. The van der Waals surface area contributed by atoms with Crippen LogP contribution in [0.5, 0.6) is 0 Å². The Morgan fingerprint density at radius 2 is 1.56 bits per heavy atom. The number of nitrogens with one attached hydrogen (secondary N) is 3. The van der Waals surface area contributed by atoms with Crippen molar-refractivity contribution < 1.29 is 19.0 Å². The number of quaternary nitrogens is 1. The Balaban J connectivity index is 1.86. The second kappa shape index (κ2) is 7.94. The van der Waals surface area contributed by atoms with Crippen molar-refractivity contribution in [1.82, 2.24) is 5.16 Å². The van der Waals surface area contributed by atoms with Gasteiger partial charge in [0.05, 0.1) is 7.05 Å². The van der Waals surface area contributed by atoms with E-state index in [0.29, 0.717) is 11.6 Å². The lowest BCUT2D eigenvalue weighted by molar-refractivity contribution is -0.862. The van der Waals surface area contributed by atoms with Crippen LogP contribution in [0.15, 0.2) is 22.7 Å². The van der Waals surface area contributed by atoms with Crippen LogP contribution in [0.4, 0.5) is 11.5 Å². The summed E-state index contributed by atoms with van der Waals surface area (Å²) in [5, 5.41) is 9.30. The lowest BCUT2D eigenvalue weighted by Gasteiger charge is -2.15. The SMILES string of the molecule is Cc1cc(C)c(NC(=O)C[NH+](C)CC(=O)Nc2cc(C)on2)c(C)c1. The summed E-state index contributed by atoms with van der Waals surface area (Å²) >= 11 is 0.